The highest BCUT2D eigenvalue weighted by molar-refractivity contribution is 5.95. The van der Waals surface area contributed by atoms with E-state index in [1.54, 1.807) is 6.20 Å². The topological polar surface area (TPSA) is 39.7 Å². The maximum Gasteiger partial charge on any atom is 0.254 e. The Bertz CT molecular complexity index is 560. The first-order chi connectivity index (χ1) is 11.1. The second kappa shape index (κ2) is 6.87. The Hall–Kier alpha value is -1.62. The van der Waals surface area contributed by atoms with Crippen molar-refractivity contribution in [2.75, 3.05) is 38.6 Å². The maximum absolute atomic E-state index is 13.0. The van der Waals surface area contributed by atoms with Crippen molar-refractivity contribution in [1.82, 2.24) is 14.8 Å². The van der Waals surface area contributed by atoms with Crippen molar-refractivity contribution in [1.29, 1.82) is 0 Å². The molecule has 0 unspecified atom stereocenters. The largest absolute Gasteiger partial charge is 0.363 e. The van der Waals surface area contributed by atoms with Gasteiger partial charge in [0.05, 0.1) is 0 Å². The third-order valence-corrected chi connectivity index (χ3v) is 5.28. The SMILES string of the molecule is CCN1CCC[C@H]1[C@H]1CCCN1C(=O)c1ccnc(N(C)C)c1. The molecule has 2 aliphatic rings. The molecule has 5 heteroatoms. The summed E-state index contributed by atoms with van der Waals surface area (Å²) in [7, 11) is 3.90. The number of likely N-dealkylation sites (N-methyl/N-ethyl adjacent to an activating group) is 1. The zero-order valence-corrected chi connectivity index (χ0v) is 14.5. The average molecular weight is 316 g/mol. The Morgan fingerprint density at radius 3 is 2.74 bits per heavy atom. The molecule has 2 aliphatic heterocycles. The Morgan fingerprint density at radius 2 is 2.00 bits per heavy atom. The molecule has 0 N–H and O–H groups in total. The van der Waals surface area contributed by atoms with Crippen LogP contribution in [-0.4, -0.2) is 66.5 Å². The van der Waals surface area contributed by atoms with Gasteiger partial charge in [0.25, 0.3) is 5.91 Å². The quantitative estimate of drug-likeness (QED) is 0.854. The minimum absolute atomic E-state index is 0.168. The number of hydrogen-bond acceptors (Lipinski definition) is 4. The standard InChI is InChI=1S/C18H28N4O/c1-4-21-11-5-7-15(21)16-8-6-12-22(16)18(23)14-9-10-19-17(13-14)20(2)3/h9-10,13,15-16H,4-8,11-12H2,1-3H3/t15-,16+/m0/s1. The Kier molecular flexibility index (Phi) is 4.85. The summed E-state index contributed by atoms with van der Waals surface area (Å²) in [5.41, 5.74) is 0.761. The number of rotatable bonds is 4. The zero-order chi connectivity index (χ0) is 16.4. The summed E-state index contributed by atoms with van der Waals surface area (Å²) in [4.78, 5) is 24.0. The van der Waals surface area contributed by atoms with E-state index < -0.39 is 0 Å². The van der Waals surface area contributed by atoms with Gasteiger partial charge in [0.2, 0.25) is 0 Å². The van der Waals surface area contributed by atoms with Crippen LogP contribution in [0.1, 0.15) is 43.0 Å². The first-order valence-electron chi connectivity index (χ1n) is 8.80. The van der Waals surface area contributed by atoms with Crippen LogP contribution in [0.15, 0.2) is 18.3 Å². The molecule has 126 valence electrons. The third-order valence-electron chi connectivity index (χ3n) is 5.28. The molecule has 0 aliphatic carbocycles. The van der Waals surface area contributed by atoms with Crippen LogP contribution in [0, 0.1) is 0 Å². The summed E-state index contributed by atoms with van der Waals surface area (Å²) in [5, 5.41) is 0. The number of carbonyl (C=O) groups excluding carboxylic acids is 1. The molecule has 0 radical (unpaired) electrons. The minimum Gasteiger partial charge on any atom is -0.363 e. The van der Waals surface area contributed by atoms with E-state index in [4.69, 9.17) is 0 Å². The Balaban J connectivity index is 1.79. The second-order valence-corrected chi connectivity index (χ2v) is 6.84. The highest BCUT2D eigenvalue weighted by atomic mass is 16.2. The maximum atomic E-state index is 13.0. The number of amides is 1. The molecule has 0 spiro atoms. The van der Waals surface area contributed by atoms with Crippen LogP contribution < -0.4 is 4.90 Å². The predicted molar refractivity (Wildman–Crippen MR) is 92.9 cm³/mol. The van der Waals surface area contributed by atoms with Gasteiger partial charge in [-0.25, -0.2) is 4.98 Å². The first-order valence-corrected chi connectivity index (χ1v) is 8.80. The number of pyridine rings is 1. The van der Waals surface area contributed by atoms with Gasteiger partial charge in [0.15, 0.2) is 0 Å². The minimum atomic E-state index is 0.168. The van der Waals surface area contributed by atoms with E-state index in [9.17, 15) is 4.79 Å². The molecule has 1 amide bonds. The molecule has 3 rings (SSSR count). The number of nitrogens with zero attached hydrogens (tertiary/aromatic N) is 4. The van der Waals surface area contributed by atoms with Crippen molar-refractivity contribution < 1.29 is 4.79 Å². The molecule has 0 bridgehead atoms. The van der Waals surface area contributed by atoms with Gasteiger partial charge in [0, 0.05) is 44.5 Å². The molecule has 23 heavy (non-hydrogen) atoms. The summed E-state index contributed by atoms with van der Waals surface area (Å²) in [5.74, 6) is 1.00. The van der Waals surface area contributed by atoms with Crippen LogP contribution in [0.5, 0.6) is 0 Å². The molecule has 1 aromatic rings. The summed E-state index contributed by atoms with van der Waals surface area (Å²) in [6.45, 7) is 5.38. The fourth-order valence-electron chi connectivity index (χ4n) is 4.09. The molecule has 2 atom stereocenters. The molecule has 2 saturated heterocycles. The van der Waals surface area contributed by atoms with E-state index in [2.05, 4.69) is 21.7 Å². The molecule has 0 aromatic carbocycles. The second-order valence-electron chi connectivity index (χ2n) is 6.84. The van der Waals surface area contributed by atoms with Crippen molar-refractivity contribution in [3.8, 4) is 0 Å². The van der Waals surface area contributed by atoms with Crippen LogP contribution in [0.25, 0.3) is 0 Å². The lowest BCUT2D eigenvalue weighted by atomic mass is 10.0. The number of aromatic nitrogens is 1. The van der Waals surface area contributed by atoms with Crippen molar-refractivity contribution in [3.63, 3.8) is 0 Å². The van der Waals surface area contributed by atoms with Gasteiger partial charge in [-0.2, -0.15) is 0 Å². The molecule has 5 nitrogen and oxygen atoms in total. The summed E-state index contributed by atoms with van der Waals surface area (Å²) in [6.07, 6.45) is 6.48. The van der Waals surface area contributed by atoms with Crippen molar-refractivity contribution in [2.24, 2.45) is 0 Å². The number of likely N-dealkylation sites (tertiary alicyclic amines) is 2. The first kappa shape index (κ1) is 16.2. The number of carbonyl (C=O) groups is 1. The molecular formula is C18H28N4O. The lowest BCUT2D eigenvalue weighted by Crippen LogP contribution is -2.48. The monoisotopic (exact) mass is 316 g/mol. The van der Waals surface area contributed by atoms with Crippen molar-refractivity contribution in [2.45, 2.75) is 44.7 Å². The Labute approximate surface area is 139 Å². The van der Waals surface area contributed by atoms with Crippen LogP contribution in [0.2, 0.25) is 0 Å². The van der Waals surface area contributed by atoms with E-state index in [-0.39, 0.29) is 5.91 Å². The van der Waals surface area contributed by atoms with Gasteiger partial charge in [-0.3, -0.25) is 9.69 Å². The van der Waals surface area contributed by atoms with Gasteiger partial charge in [-0.15, -0.1) is 0 Å². The Morgan fingerprint density at radius 1 is 1.26 bits per heavy atom. The van der Waals surface area contributed by atoms with Gasteiger partial charge < -0.3 is 9.80 Å². The fourth-order valence-corrected chi connectivity index (χ4v) is 4.09. The number of anilines is 1. The summed E-state index contributed by atoms with van der Waals surface area (Å²) < 4.78 is 0. The molecule has 1 aromatic heterocycles. The van der Waals surface area contributed by atoms with E-state index in [0.717, 1.165) is 37.3 Å². The average Bonchev–Trinajstić information content (AvgIpc) is 3.22. The van der Waals surface area contributed by atoms with Gasteiger partial charge in [-0.1, -0.05) is 6.92 Å². The van der Waals surface area contributed by atoms with E-state index in [1.165, 1.54) is 19.4 Å². The van der Waals surface area contributed by atoms with Crippen LogP contribution in [0.3, 0.4) is 0 Å². The molecular weight excluding hydrogens is 288 g/mol. The molecule has 2 fully saturated rings. The lowest BCUT2D eigenvalue weighted by Gasteiger charge is -2.34. The lowest BCUT2D eigenvalue weighted by molar-refractivity contribution is 0.0650. The van der Waals surface area contributed by atoms with Gasteiger partial charge in [-0.05, 0) is 50.9 Å². The molecule has 0 saturated carbocycles. The highest BCUT2D eigenvalue weighted by Gasteiger charge is 2.39. The zero-order valence-electron chi connectivity index (χ0n) is 14.5. The third kappa shape index (κ3) is 3.20. The number of hydrogen-bond donors (Lipinski definition) is 0. The summed E-state index contributed by atoms with van der Waals surface area (Å²) in [6, 6.07) is 4.67. The van der Waals surface area contributed by atoms with Crippen LogP contribution in [-0.2, 0) is 0 Å². The van der Waals surface area contributed by atoms with Crippen LogP contribution >= 0.6 is 0 Å². The van der Waals surface area contributed by atoms with Gasteiger partial charge >= 0.3 is 0 Å². The summed E-state index contributed by atoms with van der Waals surface area (Å²) >= 11 is 0. The van der Waals surface area contributed by atoms with Crippen molar-refractivity contribution >= 4 is 11.7 Å². The van der Waals surface area contributed by atoms with Crippen LogP contribution in [0.4, 0.5) is 5.82 Å². The normalized spacial score (nSPS) is 25.1. The highest BCUT2D eigenvalue weighted by Crippen LogP contribution is 2.31. The van der Waals surface area contributed by atoms with Crippen molar-refractivity contribution in [3.05, 3.63) is 23.9 Å². The van der Waals surface area contributed by atoms with E-state index in [0.29, 0.717) is 12.1 Å². The van der Waals surface area contributed by atoms with Gasteiger partial charge in [0.1, 0.15) is 5.82 Å². The molecule has 3 heterocycles. The van der Waals surface area contributed by atoms with E-state index >= 15 is 0 Å². The predicted octanol–water partition coefficient (Wildman–Crippen LogP) is 2.24. The fraction of sp³-hybridized carbons (Fsp3) is 0.667. The smallest absolute Gasteiger partial charge is 0.254 e. The van der Waals surface area contributed by atoms with E-state index in [1.807, 2.05) is 31.1 Å².